The molecule has 0 saturated heterocycles. The van der Waals surface area contributed by atoms with E-state index in [4.69, 9.17) is 0 Å². The Bertz CT molecular complexity index is 905. The largest absolute Gasteiger partial charge is 0.350 e. The quantitative estimate of drug-likeness (QED) is 0.754. The number of carbonyl (C=O) groups excluding carboxylic acids is 2. The van der Waals surface area contributed by atoms with Gasteiger partial charge in [-0.2, -0.15) is 0 Å². The summed E-state index contributed by atoms with van der Waals surface area (Å²) in [7, 11) is -3.65. The molecule has 0 aliphatic heterocycles. The highest BCUT2D eigenvalue weighted by atomic mass is 32.2. The number of ketones is 1. The predicted octanol–water partition coefficient (Wildman–Crippen LogP) is 2.28. The van der Waals surface area contributed by atoms with Crippen LogP contribution in [0.2, 0.25) is 0 Å². The van der Waals surface area contributed by atoms with Crippen molar-refractivity contribution in [3.63, 3.8) is 0 Å². The number of amides is 1. The van der Waals surface area contributed by atoms with E-state index >= 15 is 0 Å². The van der Waals surface area contributed by atoms with E-state index < -0.39 is 15.9 Å². The summed E-state index contributed by atoms with van der Waals surface area (Å²) in [5, 5.41) is 2.73. The van der Waals surface area contributed by atoms with Crippen LogP contribution in [-0.2, 0) is 21.4 Å². The van der Waals surface area contributed by atoms with Gasteiger partial charge < -0.3 is 5.32 Å². The Hall–Kier alpha value is -2.67. The minimum atomic E-state index is -3.65. The van der Waals surface area contributed by atoms with Crippen LogP contribution in [0, 0.1) is 6.92 Å². The van der Waals surface area contributed by atoms with Crippen molar-refractivity contribution in [1.82, 2.24) is 5.32 Å². The first-order chi connectivity index (χ1) is 12.2. The molecular weight excluding hydrogens is 352 g/mol. The smallest absolute Gasteiger partial charge is 0.241 e. The van der Waals surface area contributed by atoms with E-state index in [1.165, 1.54) is 19.1 Å². The molecule has 0 aliphatic carbocycles. The molecule has 0 fully saturated rings. The average Bonchev–Trinajstić information content (AvgIpc) is 2.57. The lowest BCUT2D eigenvalue weighted by Gasteiger charge is -2.22. The summed E-state index contributed by atoms with van der Waals surface area (Å²) in [6.45, 7) is 3.38. The van der Waals surface area contributed by atoms with Crippen LogP contribution in [0.1, 0.15) is 28.4 Å². The Balaban J connectivity index is 2.10. The third-order valence-electron chi connectivity index (χ3n) is 3.82. The summed E-state index contributed by atoms with van der Waals surface area (Å²) in [4.78, 5) is 23.6. The molecule has 1 N–H and O–H groups in total. The third-order valence-corrected chi connectivity index (χ3v) is 4.96. The molecule has 0 heterocycles. The van der Waals surface area contributed by atoms with Crippen LogP contribution in [0.25, 0.3) is 0 Å². The highest BCUT2D eigenvalue weighted by Crippen LogP contribution is 2.18. The fraction of sp³-hybridized carbons (Fsp3) is 0.263. The maximum absolute atomic E-state index is 12.2. The molecule has 2 aromatic carbocycles. The first kappa shape index (κ1) is 19.7. The van der Waals surface area contributed by atoms with Crippen LogP contribution in [0.15, 0.2) is 48.5 Å². The number of hydrogen-bond donors (Lipinski definition) is 1. The molecule has 0 aliphatic rings. The zero-order chi connectivity index (χ0) is 19.3. The first-order valence-corrected chi connectivity index (χ1v) is 9.92. The van der Waals surface area contributed by atoms with E-state index in [1.807, 2.05) is 31.2 Å². The lowest BCUT2D eigenvalue weighted by molar-refractivity contribution is -0.119. The van der Waals surface area contributed by atoms with Crippen molar-refractivity contribution in [3.05, 3.63) is 65.2 Å². The molecule has 2 rings (SSSR count). The molecule has 6 nitrogen and oxygen atoms in total. The van der Waals surface area contributed by atoms with Gasteiger partial charge in [0, 0.05) is 12.1 Å². The van der Waals surface area contributed by atoms with Crippen molar-refractivity contribution in [1.29, 1.82) is 0 Å². The van der Waals surface area contributed by atoms with Gasteiger partial charge in [0.25, 0.3) is 0 Å². The molecule has 0 spiro atoms. The molecule has 0 atom stereocenters. The number of aryl methyl sites for hydroxylation is 1. The Morgan fingerprint density at radius 1 is 1.08 bits per heavy atom. The number of benzene rings is 2. The monoisotopic (exact) mass is 374 g/mol. The van der Waals surface area contributed by atoms with Gasteiger partial charge in [0.1, 0.15) is 6.54 Å². The SMILES string of the molecule is CC(=O)c1ccc(N(CC(=O)NCc2cccc(C)c2)S(C)(=O)=O)cc1. The normalized spacial score (nSPS) is 11.0. The van der Waals surface area contributed by atoms with Crippen LogP contribution in [-0.4, -0.2) is 32.9 Å². The van der Waals surface area contributed by atoms with Crippen molar-refractivity contribution < 1.29 is 18.0 Å². The summed E-state index contributed by atoms with van der Waals surface area (Å²) >= 11 is 0. The molecule has 0 saturated carbocycles. The zero-order valence-electron chi connectivity index (χ0n) is 15.0. The third kappa shape index (κ3) is 5.42. The van der Waals surface area contributed by atoms with Gasteiger partial charge in [-0.1, -0.05) is 29.8 Å². The van der Waals surface area contributed by atoms with E-state index in [-0.39, 0.29) is 12.3 Å². The number of sulfonamides is 1. The number of rotatable bonds is 7. The molecule has 26 heavy (non-hydrogen) atoms. The number of carbonyl (C=O) groups is 2. The van der Waals surface area contributed by atoms with Crippen molar-refractivity contribution in [2.75, 3.05) is 17.1 Å². The topological polar surface area (TPSA) is 83.6 Å². The van der Waals surface area contributed by atoms with Gasteiger partial charge in [-0.05, 0) is 43.7 Å². The maximum atomic E-state index is 12.2. The molecule has 1 amide bonds. The molecule has 0 unspecified atom stereocenters. The summed E-state index contributed by atoms with van der Waals surface area (Å²) < 4.78 is 25.2. The van der Waals surface area contributed by atoms with Crippen LogP contribution in [0.5, 0.6) is 0 Å². The minimum absolute atomic E-state index is 0.113. The lowest BCUT2D eigenvalue weighted by Crippen LogP contribution is -2.40. The zero-order valence-corrected chi connectivity index (χ0v) is 15.8. The Labute approximate surface area is 153 Å². The standard InChI is InChI=1S/C19H22N2O4S/c1-14-5-4-6-16(11-14)12-20-19(23)13-21(26(3,24)25)18-9-7-17(8-10-18)15(2)22/h4-11H,12-13H2,1-3H3,(H,20,23). The molecule has 0 radical (unpaired) electrons. The number of nitrogens with zero attached hydrogens (tertiary/aromatic N) is 1. The van der Waals surface area contributed by atoms with E-state index in [2.05, 4.69) is 5.32 Å². The minimum Gasteiger partial charge on any atom is -0.350 e. The number of Topliss-reactive ketones (excluding diaryl/α,β-unsaturated/α-hetero) is 1. The van der Waals surface area contributed by atoms with Gasteiger partial charge in [-0.25, -0.2) is 8.42 Å². The van der Waals surface area contributed by atoms with E-state index in [0.29, 0.717) is 17.8 Å². The molecule has 2 aromatic rings. The van der Waals surface area contributed by atoms with Crippen LogP contribution < -0.4 is 9.62 Å². The molecule has 0 aromatic heterocycles. The van der Waals surface area contributed by atoms with Crippen molar-refractivity contribution >= 4 is 27.4 Å². The van der Waals surface area contributed by atoms with E-state index in [0.717, 1.165) is 21.7 Å². The summed E-state index contributed by atoms with van der Waals surface area (Å²) in [6.07, 6.45) is 1.04. The average molecular weight is 374 g/mol. The highest BCUT2D eigenvalue weighted by molar-refractivity contribution is 7.92. The van der Waals surface area contributed by atoms with Crippen LogP contribution in [0.3, 0.4) is 0 Å². The Morgan fingerprint density at radius 2 is 1.73 bits per heavy atom. The van der Waals surface area contributed by atoms with Crippen molar-refractivity contribution in [2.24, 2.45) is 0 Å². The fourth-order valence-electron chi connectivity index (χ4n) is 2.47. The molecule has 138 valence electrons. The van der Waals surface area contributed by atoms with Gasteiger partial charge in [0.05, 0.1) is 11.9 Å². The van der Waals surface area contributed by atoms with Crippen LogP contribution in [0.4, 0.5) is 5.69 Å². The van der Waals surface area contributed by atoms with Crippen molar-refractivity contribution in [3.8, 4) is 0 Å². The van der Waals surface area contributed by atoms with E-state index in [9.17, 15) is 18.0 Å². The second-order valence-electron chi connectivity index (χ2n) is 6.14. The van der Waals surface area contributed by atoms with Crippen molar-refractivity contribution in [2.45, 2.75) is 20.4 Å². The highest BCUT2D eigenvalue weighted by Gasteiger charge is 2.20. The fourth-order valence-corrected chi connectivity index (χ4v) is 3.33. The summed E-state index contributed by atoms with van der Waals surface area (Å²) in [6, 6.07) is 13.8. The second kappa shape index (κ2) is 8.14. The Morgan fingerprint density at radius 3 is 2.27 bits per heavy atom. The van der Waals surface area contributed by atoms with Gasteiger partial charge in [-0.15, -0.1) is 0 Å². The summed E-state index contributed by atoms with van der Waals surface area (Å²) in [5.74, 6) is -0.522. The predicted molar refractivity (Wildman–Crippen MR) is 102 cm³/mol. The van der Waals surface area contributed by atoms with Gasteiger partial charge >= 0.3 is 0 Å². The molecule has 7 heteroatoms. The second-order valence-corrected chi connectivity index (χ2v) is 8.05. The van der Waals surface area contributed by atoms with Crippen LogP contribution >= 0.6 is 0 Å². The maximum Gasteiger partial charge on any atom is 0.241 e. The lowest BCUT2D eigenvalue weighted by atomic mass is 10.1. The van der Waals surface area contributed by atoms with Gasteiger partial charge in [0.15, 0.2) is 5.78 Å². The first-order valence-electron chi connectivity index (χ1n) is 8.08. The van der Waals surface area contributed by atoms with Gasteiger partial charge in [0.2, 0.25) is 15.9 Å². The Kier molecular flexibility index (Phi) is 6.15. The molecule has 0 bridgehead atoms. The number of anilines is 1. The number of hydrogen-bond acceptors (Lipinski definition) is 4. The molecular formula is C19H22N2O4S. The number of nitrogens with one attached hydrogen (secondary N) is 1. The van der Waals surface area contributed by atoms with Gasteiger partial charge in [-0.3, -0.25) is 13.9 Å². The van der Waals surface area contributed by atoms with E-state index in [1.54, 1.807) is 12.1 Å². The summed E-state index contributed by atoms with van der Waals surface area (Å²) in [5.41, 5.74) is 2.84.